The summed E-state index contributed by atoms with van der Waals surface area (Å²) < 4.78 is 8.81. The third-order valence-electron chi connectivity index (χ3n) is 7.63. The van der Waals surface area contributed by atoms with Crippen LogP contribution in [-0.4, -0.2) is 81.5 Å². The number of nitrogens with zero attached hydrogens (tertiary/aromatic N) is 8. The zero-order valence-electron chi connectivity index (χ0n) is 22.7. The summed E-state index contributed by atoms with van der Waals surface area (Å²) in [6.45, 7) is 4.59. The molecule has 0 atom stereocenters. The largest absolute Gasteiger partial charge is 0.480 e. The highest BCUT2D eigenvalue weighted by molar-refractivity contribution is 5.96. The molecular weight excluding hydrogens is 522 g/mol. The maximum absolute atomic E-state index is 13.5. The van der Waals surface area contributed by atoms with Crippen LogP contribution in [0.5, 0.6) is 5.75 Å². The Bertz CT molecular complexity index is 1780. The molecule has 1 N–H and O–H groups in total. The van der Waals surface area contributed by atoms with Crippen molar-refractivity contribution < 1.29 is 9.53 Å². The van der Waals surface area contributed by atoms with Crippen LogP contribution in [0.25, 0.3) is 16.9 Å². The quantitative estimate of drug-likeness (QED) is 0.382. The van der Waals surface area contributed by atoms with Crippen LogP contribution in [0.2, 0.25) is 0 Å². The maximum atomic E-state index is 13.5. The molecule has 3 aliphatic heterocycles. The summed E-state index contributed by atoms with van der Waals surface area (Å²) >= 11 is 0. The Balaban J connectivity index is 1.30. The van der Waals surface area contributed by atoms with E-state index in [4.69, 9.17) is 14.7 Å². The number of pyridine rings is 1. The first-order valence-electron chi connectivity index (χ1n) is 13.7. The van der Waals surface area contributed by atoms with Crippen molar-refractivity contribution in [2.45, 2.75) is 19.4 Å². The van der Waals surface area contributed by atoms with Crippen molar-refractivity contribution in [3.63, 3.8) is 0 Å². The van der Waals surface area contributed by atoms with Crippen LogP contribution in [-0.2, 0) is 11.3 Å². The van der Waals surface area contributed by atoms with E-state index in [0.717, 1.165) is 37.6 Å². The van der Waals surface area contributed by atoms with E-state index < -0.39 is 0 Å². The second-order valence-corrected chi connectivity index (χ2v) is 10.4. The Morgan fingerprint density at radius 3 is 2.76 bits per heavy atom. The third-order valence-corrected chi connectivity index (χ3v) is 7.63. The van der Waals surface area contributed by atoms with Crippen LogP contribution in [0.1, 0.15) is 12.8 Å². The van der Waals surface area contributed by atoms with Crippen molar-refractivity contribution in [3.8, 4) is 23.4 Å². The van der Waals surface area contributed by atoms with Gasteiger partial charge in [0.25, 0.3) is 11.5 Å². The number of carbonyl (C=O) groups excluding carboxylic acids is 1. The van der Waals surface area contributed by atoms with Crippen LogP contribution in [0.15, 0.2) is 47.4 Å². The molecule has 0 aliphatic carbocycles. The molecule has 208 valence electrons. The molecular formula is C29H29N9O3. The van der Waals surface area contributed by atoms with Gasteiger partial charge in [-0.3, -0.25) is 14.5 Å². The van der Waals surface area contributed by atoms with Gasteiger partial charge in [0.15, 0.2) is 29.6 Å². The van der Waals surface area contributed by atoms with Crippen molar-refractivity contribution in [1.82, 2.24) is 29.2 Å². The normalized spacial score (nSPS) is 17.1. The van der Waals surface area contributed by atoms with Crippen molar-refractivity contribution in [2.75, 3.05) is 61.5 Å². The highest BCUT2D eigenvalue weighted by atomic mass is 16.5. The summed E-state index contributed by atoms with van der Waals surface area (Å²) in [6, 6.07) is 11.7. The number of benzene rings is 1. The van der Waals surface area contributed by atoms with Gasteiger partial charge < -0.3 is 19.9 Å². The van der Waals surface area contributed by atoms with Gasteiger partial charge in [-0.2, -0.15) is 4.98 Å². The Kier molecular flexibility index (Phi) is 6.28. The van der Waals surface area contributed by atoms with Gasteiger partial charge in [-0.1, -0.05) is 12.0 Å². The Morgan fingerprint density at radius 1 is 1.00 bits per heavy atom. The lowest BCUT2D eigenvalue weighted by atomic mass is 10.2. The minimum Gasteiger partial charge on any atom is -0.480 e. The average molecular weight is 552 g/mol. The number of rotatable bonds is 3. The van der Waals surface area contributed by atoms with Crippen LogP contribution in [0, 0.1) is 11.8 Å². The van der Waals surface area contributed by atoms with Gasteiger partial charge in [-0.25, -0.2) is 19.3 Å². The smallest absolute Gasteiger partial charge is 0.279 e. The number of aromatic nitrogens is 5. The SMILES string of the molecule is CN1CCN(c2cccc(Nc3ncc4c(=O)n5n(c4n3)-c3ccc4c(n3)N(CCCC#CC5)C(=O)CO4)c2)CC1. The molecule has 6 heterocycles. The van der Waals surface area contributed by atoms with Gasteiger partial charge >= 0.3 is 0 Å². The first-order chi connectivity index (χ1) is 20.0. The van der Waals surface area contributed by atoms with Gasteiger partial charge in [0, 0.05) is 56.7 Å². The summed E-state index contributed by atoms with van der Waals surface area (Å²) in [5.41, 5.74) is 2.11. The Labute approximate surface area is 236 Å². The van der Waals surface area contributed by atoms with Crippen LogP contribution >= 0.6 is 0 Å². The second-order valence-electron chi connectivity index (χ2n) is 10.4. The zero-order chi connectivity index (χ0) is 27.9. The topological polar surface area (TPSA) is 114 Å². The van der Waals surface area contributed by atoms with Crippen molar-refractivity contribution >= 4 is 40.1 Å². The lowest BCUT2D eigenvalue weighted by Gasteiger charge is -2.34. The molecule has 0 unspecified atom stereocenters. The molecule has 12 heteroatoms. The van der Waals surface area contributed by atoms with E-state index in [1.54, 1.807) is 21.7 Å². The highest BCUT2D eigenvalue weighted by Crippen LogP contribution is 2.32. The van der Waals surface area contributed by atoms with E-state index in [1.807, 2.05) is 12.1 Å². The van der Waals surface area contributed by atoms with Crippen molar-refractivity contribution in [3.05, 3.63) is 52.9 Å². The number of fused-ring (bicyclic) bond motifs is 5. The molecule has 7 rings (SSSR count). The summed E-state index contributed by atoms with van der Waals surface area (Å²) in [7, 11) is 2.14. The standard InChI is InChI=1S/C29H29N9O3/c1-34-13-15-35(16-14-34)21-8-6-7-20(17-21)31-29-30-18-22-26(33-29)38-24-10-9-23-27(32-24)36(25(39)19-41-23)11-4-2-3-5-12-37(38)28(22)40/h6-10,17-18H,2,4,11-16,19H2,1H3,(H,30,31,33). The molecule has 1 saturated heterocycles. The van der Waals surface area contributed by atoms with Crippen molar-refractivity contribution in [1.29, 1.82) is 0 Å². The van der Waals surface area contributed by atoms with Gasteiger partial charge in [0.2, 0.25) is 5.95 Å². The number of hydrogen-bond donors (Lipinski definition) is 1. The molecule has 1 amide bonds. The minimum absolute atomic E-state index is 0.0326. The van der Waals surface area contributed by atoms with E-state index in [0.29, 0.717) is 53.8 Å². The molecule has 0 radical (unpaired) electrons. The molecule has 4 aromatic rings. The number of carbonyl (C=O) groups is 1. The fourth-order valence-electron chi connectivity index (χ4n) is 5.40. The number of anilines is 4. The minimum atomic E-state index is -0.265. The summed E-state index contributed by atoms with van der Waals surface area (Å²) in [6.07, 6.45) is 2.82. The lowest BCUT2D eigenvalue weighted by molar-refractivity contribution is -0.121. The van der Waals surface area contributed by atoms with E-state index in [1.165, 1.54) is 10.9 Å². The number of nitrogens with one attached hydrogen (secondary N) is 1. The van der Waals surface area contributed by atoms with E-state index in [2.05, 4.69) is 51.1 Å². The monoisotopic (exact) mass is 551 g/mol. The molecule has 1 fully saturated rings. The molecule has 41 heavy (non-hydrogen) atoms. The first-order valence-corrected chi connectivity index (χ1v) is 13.7. The average Bonchev–Trinajstić information content (AvgIpc) is 3.25. The van der Waals surface area contributed by atoms with E-state index in [9.17, 15) is 9.59 Å². The zero-order valence-corrected chi connectivity index (χ0v) is 22.7. The van der Waals surface area contributed by atoms with Gasteiger partial charge in [-0.05, 0) is 43.8 Å². The highest BCUT2D eigenvalue weighted by Gasteiger charge is 2.28. The fraction of sp³-hybridized carbons (Fsp3) is 0.345. The molecule has 2 bridgehead atoms. The predicted molar refractivity (Wildman–Crippen MR) is 155 cm³/mol. The van der Waals surface area contributed by atoms with Gasteiger partial charge in [0.1, 0.15) is 11.9 Å². The molecule has 12 nitrogen and oxygen atoms in total. The predicted octanol–water partition coefficient (Wildman–Crippen LogP) is 2.00. The number of hydrogen-bond acceptors (Lipinski definition) is 9. The lowest BCUT2D eigenvalue weighted by Crippen LogP contribution is -2.44. The van der Waals surface area contributed by atoms with Gasteiger partial charge in [0.05, 0.1) is 0 Å². The molecule has 1 aromatic carbocycles. The number of likely N-dealkylation sites (N-methyl/N-ethyl adjacent to an activating group) is 1. The van der Waals surface area contributed by atoms with E-state index in [-0.39, 0.29) is 24.6 Å². The fourth-order valence-corrected chi connectivity index (χ4v) is 5.40. The molecule has 3 aliphatic rings. The molecule has 3 aromatic heterocycles. The van der Waals surface area contributed by atoms with Crippen LogP contribution < -0.4 is 25.4 Å². The van der Waals surface area contributed by atoms with Crippen LogP contribution in [0.4, 0.5) is 23.1 Å². The Morgan fingerprint density at radius 2 is 1.88 bits per heavy atom. The first kappa shape index (κ1) is 25.1. The van der Waals surface area contributed by atoms with E-state index >= 15 is 0 Å². The number of piperazine rings is 1. The molecule has 0 spiro atoms. The van der Waals surface area contributed by atoms with Gasteiger partial charge in [-0.15, -0.1) is 5.92 Å². The molecule has 0 saturated carbocycles. The van der Waals surface area contributed by atoms with Crippen LogP contribution in [0.3, 0.4) is 0 Å². The number of ether oxygens (including phenoxy) is 1. The summed E-state index contributed by atoms with van der Waals surface area (Å²) in [5, 5.41) is 3.66. The third kappa shape index (κ3) is 4.64. The Hall–Kier alpha value is -4.89. The maximum Gasteiger partial charge on any atom is 0.279 e. The van der Waals surface area contributed by atoms with Crippen molar-refractivity contribution in [2.24, 2.45) is 0 Å². The number of amides is 1. The summed E-state index contributed by atoms with van der Waals surface area (Å²) in [4.78, 5) is 46.5. The summed E-state index contributed by atoms with van der Waals surface area (Å²) in [5.74, 6) is 7.81. The second kappa shape index (κ2) is 10.3.